The van der Waals surface area contributed by atoms with Crippen molar-refractivity contribution in [2.45, 2.75) is 172 Å². The molecule has 9 atom stereocenters. The van der Waals surface area contributed by atoms with Crippen LogP contribution in [-0.4, -0.2) is 17.5 Å². The smallest absolute Gasteiger partial charge is 0.0259 e. The van der Waals surface area contributed by atoms with Crippen LogP contribution in [0.15, 0.2) is 23.9 Å². The molecule has 0 aromatic rings. The summed E-state index contributed by atoms with van der Waals surface area (Å²) in [6.45, 7) is 33.4. The van der Waals surface area contributed by atoms with Crippen molar-refractivity contribution in [2.75, 3.05) is 6.54 Å². The van der Waals surface area contributed by atoms with Gasteiger partial charge in [0.25, 0.3) is 0 Å². The Bertz CT molecular complexity index is 1000. The molecular weight excluding hydrogens is 518 g/mol. The summed E-state index contributed by atoms with van der Waals surface area (Å²) in [5.41, 5.74) is 5.52. The molecule has 0 spiro atoms. The molecule has 0 aromatic heterocycles. The highest BCUT2D eigenvalue weighted by Gasteiger charge is 2.71. The summed E-state index contributed by atoms with van der Waals surface area (Å²) < 4.78 is 0. The maximum absolute atomic E-state index is 4.60. The van der Waals surface area contributed by atoms with Crippen LogP contribution in [0.1, 0.15) is 166 Å². The summed E-state index contributed by atoms with van der Waals surface area (Å²) in [4.78, 5) is 2.63. The Morgan fingerprint density at radius 2 is 1.58 bits per heavy atom. The predicted octanol–water partition coefficient (Wildman–Crippen LogP) is 12.5. The van der Waals surface area contributed by atoms with E-state index < -0.39 is 0 Å². The summed E-state index contributed by atoms with van der Waals surface area (Å²) in [6.07, 6.45) is 30.2. The third kappa shape index (κ3) is 5.83. The molecule has 1 aliphatic heterocycles. The summed E-state index contributed by atoms with van der Waals surface area (Å²) >= 11 is 0. The zero-order chi connectivity index (χ0) is 32.4. The Morgan fingerprint density at radius 1 is 0.930 bits per heavy atom. The second-order valence-electron chi connectivity index (χ2n) is 17.2. The first-order valence-corrected chi connectivity index (χ1v) is 18.7. The molecule has 1 heterocycles. The first-order valence-electron chi connectivity index (χ1n) is 18.7. The third-order valence-electron chi connectivity index (χ3n) is 15.5. The summed E-state index contributed by atoms with van der Waals surface area (Å²) in [5, 5.41) is 0. The first kappa shape index (κ1) is 36.3. The van der Waals surface area contributed by atoms with Gasteiger partial charge in [-0.15, -0.1) is 12.8 Å². The van der Waals surface area contributed by atoms with Gasteiger partial charge in [0.1, 0.15) is 0 Å². The van der Waals surface area contributed by atoms with Gasteiger partial charge in [0.2, 0.25) is 0 Å². The van der Waals surface area contributed by atoms with Crippen molar-refractivity contribution in [3.05, 3.63) is 23.9 Å². The average Bonchev–Trinajstić information content (AvgIpc) is 3.51. The van der Waals surface area contributed by atoms with E-state index in [9.17, 15) is 0 Å². The van der Waals surface area contributed by atoms with Crippen LogP contribution in [0.3, 0.4) is 0 Å². The van der Waals surface area contributed by atoms with Crippen molar-refractivity contribution in [1.82, 2.24) is 4.90 Å². The van der Waals surface area contributed by atoms with Gasteiger partial charge in [0.15, 0.2) is 0 Å². The molecule has 0 radical (unpaired) electrons. The number of nitrogens with zero attached hydrogens (tertiary/aromatic N) is 1. The fraction of sp³-hybridized carbons (Fsp3) is 0.857. The molecule has 4 aliphatic carbocycles. The summed E-state index contributed by atoms with van der Waals surface area (Å²) in [5.74, 6) is 3.31. The molecule has 43 heavy (non-hydrogen) atoms. The predicted molar refractivity (Wildman–Crippen MR) is 191 cm³/mol. The van der Waals surface area contributed by atoms with Crippen LogP contribution < -0.4 is 0 Å². The van der Waals surface area contributed by atoms with Crippen LogP contribution in [0.25, 0.3) is 0 Å². The van der Waals surface area contributed by atoms with Crippen molar-refractivity contribution >= 4 is 0 Å². The second-order valence-corrected chi connectivity index (χ2v) is 17.2. The molecule has 3 saturated carbocycles. The van der Waals surface area contributed by atoms with Gasteiger partial charge >= 0.3 is 0 Å². The van der Waals surface area contributed by atoms with Crippen LogP contribution in [0, 0.1) is 63.6 Å². The highest BCUT2D eigenvalue weighted by molar-refractivity contribution is 5.31. The van der Waals surface area contributed by atoms with Crippen molar-refractivity contribution in [3.8, 4) is 12.8 Å². The molecule has 0 bridgehead atoms. The quantitative estimate of drug-likeness (QED) is 0.200. The van der Waals surface area contributed by atoms with E-state index in [4.69, 9.17) is 0 Å². The fourth-order valence-electron chi connectivity index (χ4n) is 11.9. The first-order chi connectivity index (χ1) is 20.2. The van der Waals surface area contributed by atoms with Gasteiger partial charge in [0.05, 0.1) is 0 Å². The molecule has 5 rings (SSSR count). The van der Waals surface area contributed by atoms with E-state index in [-0.39, 0.29) is 0 Å². The number of likely N-dealkylation sites (tertiary alicyclic amines) is 1. The van der Waals surface area contributed by atoms with Gasteiger partial charge in [-0.2, -0.15) is 0 Å². The lowest BCUT2D eigenvalue weighted by Crippen LogP contribution is -2.62. The monoisotopic (exact) mass is 592 g/mol. The molecule has 1 heteroatoms. The zero-order valence-electron chi connectivity index (χ0n) is 30.9. The fourth-order valence-corrected chi connectivity index (χ4v) is 11.9. The van der Waals surface area contributed by atoms with Gasteiger partial charge in [-0.25, -0.2) is 0 Å². The van der Waals surface area contributed by atoms with Crippen molar-refractivity contribution < 1.29 is 0 Å². The molecular formula is C42H73N. The Labute approximate surface area is 270 Å². The number of rotatable bonds is 8. The SMILES string of the molecule is C#C.C=C(CC1CCC2(C)C(=CCC3C2(C)CCC2(C)C(C)(C(C)CCCC(C)C)CCC32C)C1)N1CCCC1C.CC. The minimum absolute atomic E-state index is 0.390. The summed E-state index contributed by atoms with van der Waals surface area (Å²) in [6, 6.07) is 0.701. The molecule has 0 amide bonds. The lowest BCUT2D eigenvalue weighted by molar-refractivity contribution is -0.181. The van der Waals surface area contributed by atoms with E-state index in [1.807, 2.05) is 19.4 Å². The number of fused-ring (bicyclic) bond motifs is 5. The second kappa shape index (κ2) is 13.7. The molecule has 1 nitrogen and oxygen atoms in total. The molecule has 246 valence electrons. The maximum Gasteiger partial charge on any atom is 0.0259 e. The lowest BCUT2D eigenvalue weighted by Gasteiger charge is -2.69. The summed E-state index contributed by atoms with van der Waals surface area (Å²) in [7, 11) is 0. The number of hydrogen-bond acceptors (Lipinski definition) is 1. The minimum atomic E-state index is 0.390. The van der Waals surface area contributed by atoms with E-state index in [0.717, 1.165) is 23.7 Å². The van der Waals surface area contributed by atoms with Crippen LogP contribution in [0.4, 0.5) is 0 Å². The van der Waals surface area contributed by atoms with Gasteiger partial charge in [-0.1, -0.05) is 107 Å². The Morgan fingerprint density at radius 3 is 2.19 bits per heavy atom. The number of hydrogen-bond donors (Lipinski definition) is 0. The van der Waals surface area contributed by atoms with Crippen LogP contribution in [-0.2, 0) is 0 Å². The molecule has 4 fully saturated rings. The minimum Gasteiger partial charge on any atom is -0.373 e. The Hall–Kier alpha value is -1.16. The van der Waals surface area contributed by atoms with Crippen LogP contribution in [0.2, 0.25) is 0 Å². The maximum atomic E-state index is 4.60. The normalized spacial score (nSPS) is 42.3. The molecule has 0 N–H and O–H groups in total. The van der Waals surface area contributed by atoms with E-state index in [1.54, 1.807) is 0 Å². The zero-order valence-corrected chi connectivity index (χ0v) is 30.9. The van der Waals surface area contributed by atoms with Crippen LogP contribution >= 0.6 is 0 Å². The van der Waals surface area contributed by atoms with Crippen LogP contribution in [0.5, 0.6) is 0 Å². The Kier molecular flexibility index (Phi) is 11.6. The van der Waals surface area contributed by atoms with Crippen molar-refractivity contribution in [1.29, 1.82) is 0 Å². The average molecular weight is 592 g/mol. The van der Waals surface area contributed by atoms with Gasteiger partial charge in [-0.3, -0.25) is 0 Å². The number of terminal acetylenes is 1. The third-order valence-corrected chi connectivity index (χ3v) is 15.5. The largest absolute Gasteiger partial charge is 0.373 e. The van der Waals surface area contributed by atoms with Gasteiger partial charge < -0.3 is 4.90 Å². The topological polar surface area (TPSA) is 3.24 Å². The van der Waals surface area contributed by atoms with Gasteiger partial charge in [0, 0.05) is 18.3 Å². The highest BCUT2D eigenvalue weighted by Crippen LogP contribution is 2.79. The highest BCUT2D eigenvalue weighted by atomic mass is 15.2. The van der Waals surface area contributed by atoms with Crippen molar-refractivity contribution in [3.63, 3.8) is 0 Å². The molecule has 0 aromatic carbocycles. The molecule has 9 unspecified atom stereocenters. The molecule has 5 aliphatic rings. The van der Waals surface area contributed by atoms with E-state index >= 15 is 0 Å². The van der Waals surface area contributed by atoms with E-state index in [0.29, 0.717) is 33.1 Å². The van der Waals surface area contributed by atoms with Crippen molar-refractivity contribution in [2.24, 2.45) is 50.7 Å². The Balaban J connectivity index is 0.00000121. The lowest BCUT2D eigenvalue weighted by atomic mass is 9.35. The number of allylic oxidation sites excluding steroid dienone is 3. The van der Waals surface area contributed by atoms with Gasteiger partial charge in [-0.05, 0) is 128 Å². The molecule has 1 saturated heterocycles. The standard InChI is InChI=1S/C38H65N.C2H6.C2H2/c1-27(2)13-11-14-28(3)34(6)20-21-37(9)33-17-16-32-26-31(25-30(5)39-24-12-15-29(39)4)18-19-35(32,7)36(33,8)22-23-38(34,37)10;2*1-2/h16,27-29,31,33H,5,11-15,17-26H2,1-4,6-10H3;1-2H3;1-2H. The van der Waals surface area contributed by atoms with E-state index in [1.165, 1.54) is 102 Å². The van der Waals surface area contributed by atoms with E-state index in [2.05, 4.69) is 92.7 Å².